The van der Waals surface area contributed by atoms with E-state index in [-0.39, 0.29) is 28.8 Å². The van der Waals surface area contributed by atoms with Gasteiger partial charge in [0.25, 0.3) is 0 Å². The van der Waals surface area contributed by atoms with E-state index < -0.39 is 29.4 Å². The third kappa shape index (κ3) is 7.10. The molecule has 1 atom stereocenters. The monoisotopic (exact) mass is 416 g/mol. The average molecular weight is 416 g/mol. The quantitative estimate of drug-likeness (QED) is 0.418. The van der Waals surface area contributed by atoms with Crippen molar-refractivity contribution >= 4 is 29.4 Å². The number of anilines is 1. The first-order valence-corrected chi connectivity index (χ1v) is 8.73. The molecule has 0 aliphatic heterocycles. The number of urea groups is 1. The number of thioether (sulfide) groups is 1. The van der Waals surface area contributed by atoms with Crippen LogP contribution in [-0.2, 0) is 16.0 Å². The minimum absolute atomic E-state index is 0.0460. The summed E-state index contributed by atoms with van der Waals surface area (Å²) in [6, 6.07) is 8.67. The molecule has 2 amide bonds. The molecule has 28 heavy (non-hydrogen) atoms. The lowest BCUT2D eigenvalue weighted by Gasteiger charge is -2.17. The zero-order chi connectivity index (χ0) is 20.7. The van der Waals surface area contributed by atoms with E-state index in [9.17, 15) is 27.2 Å². The molecule has 2 N–H and O–H groups in total. The van der Waals surface area contributed by atoms with Crippen LogP contribution in [0.1, 0.15) is 5.56 Å². The van der Waals surface area contributed by atoms with Crippen molar-refractivity contribution in [2.75, 3.05) is 12.4 Å². The predicted octanol–water partition coefficient (Wildman–Crippen LogP) is 4.34. The van der Waals surface area contributed by atoms with Crippen LogP contribution < -0.4 is 10.6 Å². The Kier molecular flexibility index (Phi) is 7.27. The van der Waals surface area contributed by atoms with Crippen molar-refractivity contribution in [3.63, 3.8) is 0 Å². The van der Waals surface area contributed by atoms with E-state index in [0.29, 0.717) is 5.56 Å². The topological polar surface area (TPSA) is 67.4 Å². The lowest BCUT2D eigenvalue weighted by atomic mass is 10.1. The molecule has 5 nitrogen and oxygen atoms in total. The summed E-state index contributed by atoms with van der Waals surface area (Å²) in [6.07, 6.45) is 0.0460. The number of benzene rings is 2. The first kappa shape index (κ1) is 21.5. The fourth-order valence-corrected chi connectivity index (χ4v) is 2.89. The van der Waals surface area contributed by atoms with E-state index in [0.717, 1.165) is 13.2 Å². The van der Waals surface area contributed by atoms with Gasteiger partial charge in [0.1, 0.15) is 11.9 Å². The molecule has 0 aromatic heterocycles. The Labute approximate surface area is 162 Å². The summed E-state index contributed by atoms with van der Waals surface area (Å²) in [4.78, 5) is 24.0. The summed E-state index contributed by atoms with van der Waals surface area (Å²) in [5.41, 5.74) is -3.75. The number of methoxy groups -OCH3 is 1. The van der Waals surface area contributed by atoms with Crippen molar-refractivity contribution in [1.29, 1.82) is 0 Å². The molecular weight excluding hydrogens is 400 g/mol. The van der Waals surface area contributed by atoms with Crippen molar-refractivity contribution in [2.24, 2.45) is 0 Å². The molecule has 0 radical (unpaired) electrons. The van der Waals surface area contributed by atoms with Crippen molar-refractivity contribution in [3.8, 4) is 0 Å². The predicted molar refractivity (Wildman–Crippen MR) is 96.4 cm³/mol. The normalized spacial score (nSPS) is 12.2. The van der Waals surface area contributed by atoms with Crippen LogP contribution in [0.4, 0.5) is 28.0 Å². The molecule has 2 aromatic rings. The molecule has 0 heterocycles. The lowest BCUT2D eigenvalue weighted by molar-refractivity contribution is -0.142. The van der Waals surface area contributed by atoms with E-state index in [1.165, 1.54) is 42.5 Å². The molecule has 150 valence electrons. The molecule has 2 rings (SSSR count). The molecule has 0 spiro atoms. The molecule has 0 bridgehead atoms. The van der Waals surface area contributed by atoms with E-state index in [1.54, 1.807) is 0 Å². The first-order chi connectivity index (χ1) is 13.2. The maximum atomic E-state index is 13.0. The Bertz CT molecular complexity index is 828. The SMILES string of the molecule is COC(=O)C(Cc1ccc(F)cc1)NC(=O)Nc1cccc(SC(F)(F)F)c1. The molecule has 1 unspecified atom stereocenters. The number of esters is 1. The maximum Gasteiger partial charge on any atom is 0.446 e. The lowest BCUT2D eigenvalue weighted by Crippen LogP contribution is -2.45. The fourth-order valence-electron chi connectivity index (χ4n) is 2.29. The minimum atomic E-state index is -4.45. The molecule has 0 saturated heterocycles. The van der Waals surface area contributed by atoms with E-state index >= 15 is 0 Å². The van der Waals surface area contributed by atoms with Gasteiger partial charge >= 0.3 is 17.5 Å². The van der Waals surface area contributed by atoms with Gasteiger partial charge in [-0.3, -0.25) is 0 Å². The average Bonchev–Trinajstić information content (AvgIpc) is 2.61. The molecule has 0 aliphatic rings. The number of hydrogen-bond acceptors (Lipinski definition) is 4. The van der Waals surface area contributed by atoms with Gasteiger partial charge in [-0.1, -0.05) is 18.2 Å². The summed E-state index contributed by atoms with van der Waals surface area (Å²) in [7, 11) is 1.15. The van der Waals surface area contributed by atoms with Gasteiger partial charge in [-0.05, 0) is 47.7 Å². The molecule has 0 saturated carbocycles. The number of rotatable bonds is 6. The summed E-state index contributed by atoms with van der Waals surface area (Å²) in [5.74, 6) is -1.17. The number of carbonyl (C=O) groups excluding carboxylic acids is 2. The zero-order valence-corrected chi connectivity index (χ0v) is 15.4. The summed E-state index contributed by atoms with van der Waals surface area (Å²) >= 11 is -0.309. The number of ether oxygens (including phenoxy) is 1. The van der Waals surface area contributed by atoms with Crippen molar-refractivity contribution in [3.05, 3.63) is 59.9 Å². The minimum Gasteiger partial charge on any atom is -0.467 e. The molecule has 0 fully saturated rings. The highest BCUT2D eigenvalue weighted by molar-refractivity contribution is 8.00. The van der Waals surface area contributed by atoms with Crippen LogP contribution in [-0.4, -0.2) is 30.7 Å². The highest BCUT2D eigenvalue weighted by Gasteiger charge is 2.29. The number of alkyl halides is 3. The van der Waals surface area contributed by atoms with Crippen molar-refractivity contribution < 1.29 is 31.9 Å². The van der Waals surface area contributed by atoms with Gasteiger partial charge in [0, 0.05) is 17.0 Å². The smallest absolute Gasteiger partial charge is 0.446 e. The van der Waals surface area contributed by atoms with Crippen LogP contribution in [0, 0.1) is 5.82 Å². The summed E-state index contributed by atoms with van der Waals surface area (Å²) < 4.78 is 55.0. The van der Waals surface area contributed by atoms with Gasteiger partial charge in [-0.2, -0.15) is 13.2 Å². The molecule has 2 aromatic carbocycles. The number of amides is 2. The Morgan fingerprint density at radius 1 is 1.14 bits per heavy atom. The second-order valence-corrected chi connectivity index (χ2v) is 6.72. The highest BCUT2D eigenvalue weighted by Crippen LogP contribution is 2.37. The van der Waals surface area contributed by atoms with Crippen LogP contribution >= 0.6 is 11.8 Å². The maximum absolute atomic E-state index is 13.0. The Balaban J connectivity index is 2.04. The number of carbonyl (C=O) groups is 2. The molecular formula is C18H16F4N2O3S. The second-order valence-electron chi connectivity index (χ2n) is 5.58. The van der Waals surface area contributed by atoms with Crippen molar-refractivity contribution in [2.45, 2.75) is 22.9 Å². The Hall–Kier alpha value is -2.75. The van der Waals surface area contributed by atoms with E-state index in [4.69, 9.17) is 0 Å². The van der Waals surface area contributed by atoms with Gasteiger partial charge in [-0.15, -0.1) is 0 Å². The second kappa shape index (κ2) is 9.45. The van der Waals surface area contributed by atoms with Crippen LogP contribution in [0.25, 0.3) is 0 Å². The third-order valence-electron chi connectivity index (χ3n) is 3.47. The molecule has 10 heteroatoms. The van der Waals surface area contributed by atoms with E-state index in [2.05, 4.69) is 15.4 Å². The zero-order valence-electron chi connectivity index (χ0n) is 14.5. The van der Waals surface area contributed by atoms with Crippen LogP contribution in [0.3, 0.4) is 0 Å². The van der Waals surface area contributed by atoms with E-state index in [1.807, 2.05) is 0 Å². The largest absolute Gasteiger partial charge is 0.467 e. The van der Waals surface area contributed by atoms with Crippen LogP contribution in [0.5, 0.6) is 0 Å². The fraction of sp³-hybridized carbons (Fsp3) is 0.222. The van der Waals surface area contributed by atoms with Crippen molar-refractivity contribution in [1.82, 2.24) is 5.32 Å². The van der Waals surface area contributed by atoms with Gasteiger partial charge in [0.2, 0.25) is 0 Å². The number of hydrogen-bond donors (Lipinski definition) is 2. The Morgan fingerprint density at radius 3 is 2.43 bits per heavy atom. The molecule has 0 aliphatic carbocycles. The van der Waals surface area contributed by atoms with Crippen LogP contribution in [0.2, 0.25) is 0 Å². The van der Waals surface area contributed by atoms with Gasteiger partial charge in [0.15, 0.2) is 0 Å². The highest BCUT2D eigenvalue weighted by atomic mass is 32.2. The van der Waals surface area contributed by atoms with Crippen LogP contribution in [0.15, 0.2) is 53.4 Å². The number of halogens is 4. The third-order valence-corrected chi connectivity index (χ3v) is 4.19. The van der Waals surface area contributed by atoms with Gasteiger partial charge in [0.05, 0.1) is 7.11 Å². The standard InChI is InChI=1S/C18H16F4N2O3S/c1-27-16(25)15(9-11-5-7-12(19)8-6-11)24-17(26)23-13-3-2-4-14(10-13)28-18(20,21)22/h2-8,10,15H,9H2,1H3,(H2,23,24,26). The Morgan fingerprint density at radius 2 is 1.82 bits per heavy atom. The summed E-state index contributed by atoms with van der Waals surface area (Å²) in [5, 5.41) is 4.77. The number of nitrogens with one attached hydrogen (secondary N) is 2. The van der Waals surface area contributed by atoms with Gasteiger partial charge < -0.3 is 15.4 Å². The first-order valence-electron chi connectivity index (χ1n) is 7.92. The van der Waals surface area contributed by atoms with Gasteiger partial charge in [-0.25, -0.2) is 14.0 Å². The summed E-state index contributed by atoms with van der Waals surface area (Å²) in [6.45, 7) is 0.